The third-order valence-corrected chi connectivity index (χ3v) is 5.72. The van der Waals surface area contributed by atoms with E-state index in [1.165, 1.54) is 24.3 Å². The Labute approximate surface area is 199 Å². The van der Waals surface area contributed by atoms with Crippen LogP contribution in [-0.2, 0) is 6.61 Å². The molecule has 0 fully saturated rings. The Morgan fingerprint density at radius 2 is 1.80 bits per heavy atom. The van der Waals surface area contributed by atoms with Gasteiger partial charge in [-0.15, -0.1) is 0 Å². The molecule has 0 N–H and O–H groups in total. The second kappa shape index (κ2) is 9.99. The van der Waals surface area contributed by atoms with Gasteiger partial charge < -0.3 is 4.74 Å². The summed E-state index contributed by atoms with van der Waals surface area (Å²) in [4.78, 5) is 10.5. The molecule has 0 amide bonds. The molecular formula is C22H13FI2N2O3. The lowest BCUT2D eigenvalue weighted by atomic mass is 10.0. The number of non-ortho nitro benzene ring substituents is 1. The largest absolute Gasteiger partial charge is 0.487 e. The predicted molar refractivity (Wildman–Crippen MR) is 129 cm³/mol. The molecule has 3 aromatic rings. The fourth-order valence-electron chi connectivity index (χ4n) is 2.67. The van der Waals surface area contributed by atoms with E-state index < -0.39 is 4.92 Å². The maximum atomic E-state index is 13.0. The van der Waals surface area contributed by atoms with Crippen molar-refractivity contribution in [2.24, 2.45) is 0 Å². The first-order chi connectivity index (χ1) is 14.4. The highest BCUT2D eigenvalue weighted by Gasteiger charge is 2.12. The molecule has 3 aromatic carbocycles. The third-order valence-electron chi connectivity index (χ3n) is 4.12. The minimum Gasteiger partial charge on any atom is -0.487 e. The number of hydrogen-bond acceptors (Lipinski definition) is 4. The molecule has 5 nitrogen and oxygen atoms in total. The maximum absolute atomic E-state index is 13.0. The van der Waals surface area contributed by atoms with Crippen LogP contribution in [0.1, 0.15) is 16.7 Å². The quantitative estimate of drug-likeness (QED) is 0.102. The molecule has 0 spiro atoms. The van der Waals surface area contributed by atoms with Gasteiger partial charge in [0.15, 0.2) is 0 Å². The molecule has 30 heavy (non-hydrogen) atoms. The first-order valence-corrected chi connectivity index (χ1v) is 10.8. The van der Waals surface area contributed by atoms with Crippen LogP contribution in [0.5, 0.6) is 5.75 Å². The summed E-state index contributed by atoms with van der Waals surface area (Å²) in [5.74, 6) is 0.405. The molecule has 8 heteroatoms. The highest BCUT2D eigenvalue weighted by atomic mass is 127. The highest BCUT2D eigenvalue weighted by molar-refractivity contribution is 14.1. The SMILES string of the molecule is N#C/C(=C/c1cc(I)c(OCc2ccc(F)cc2)c(I)c1)c1cccc([N+](=O)[O-])c1. The molecule has 0 heterocycles. The maximum Gasteiger partial charge on any atom is 0.270 e. The van der Waals surface area contributed by atoms with Gasteiger partial charge in [0.1, 0.15) is 18.2 Å². The summed E-state index contributed by atoms with van der Waals surface area (Å²) < 4.78 is 20.6. The van der Waals surface area contributed by atoms with Crippen molar-refractivity contribution < 1.29 is 14.1 Å². The zero-order valence-electron chi connectivity index (χ0n) is 15.3. The number of rotatable bonds is 6. The fourth-order valence-corrected chi connectivity index (χ4v) is 4.80. The summed E-state index contributed by atoms with van der Waals surface area (Å²) in [5, 5.41) is 20.5. The second-order valence-corrected chi connectivity index (χ2v) is 8.53. The number of nitrogens with zero attached hydrogens (tertiary/aromatic N) is 2. The van der Waals surface area contributed by atoms with Crippen LogP contribution in [-0.4, -0.2) is 4.92 Å². The lowest BCUT2D eigenvalue weighted by molar-refractivity contribution is -0.384. The first-order valence-electron chi connectivity index (χ1n) is 8.60. The van der Waals surface area contributed by atoms with E-state index in [4.69, 9.17) is 4.74 Å². The number of halogens is 3. The van der Waals surface area contributed by atoms with E-state index in [2.05, 4.69) is 51.3 Å². The van der Waals surface area contributed by atoms with Crippen LogP contribution in [0.3, 0.4) is 0 Å². The molecule has 0 aliphatic heterocycles. The van der Waals surface area contributed by atoms with Gasteiger partial charge in [0.25, 0.3) is 5.69 Å². The lowest BCUT2D eigenvalue weighted by Crippen LogP contribution is -1.99. The van der Waals surface area contributed by atoms with E-state index in [0.29, 0.717) is 23.5 Å². The van der Waals surface area contributed by atoms with E-state index in [0.717, 1.165) is 18.3 Å². The Kier molecular flexibility index (Phi) is 7.38. The van der Waals surface area contributed by atoms with E-state index in [1.807, 2.05) is 12.1 Å². The van der Waals surface area contributed by atoms with Crippen molar-refractivity contribution in [3.8, 4) is 11.8 Å². The normalized spacial score (nSPS) is 11.1. The van der Waals surface area contributed by atoms with Gasteiger partial charge in [-0.3, -0.25) is 10.1 Å². The molecule has 0 saturated heterocycles. The summed E-state index contributed by atoms with van der Waals surface area (Å²) in [6, 6.07) is 18.0. The average Bonchev–Trinajstić information content (AvgIpc) is 2.72. The van der Waals surface area contributed by atoms with Gasteiger partial charge in [0.2, 0.25) is 0 Å². The van der Waals surface area contributed by atoms with Crippen molar-refractivity contribution in [2.45, 2.75) is 6.61 Å². The van der Waals surface area contributed by atoms with Gasteiger partial charge in [-0.05, 0) is 92.2 Å². The van der Waals surface area contributed by atoms with Crippen LogP contribution < -0.4 is 4.74 Å². The molecule has 0 aliphatic rings. The van der Waals surface area contributed by atoms with E-state index in [9.17, 15) is 19.8 Å². The van der Waals surface area contributed by atoms with Crippen molar-refractivity contribution in [1.29, 1.82) is 5.26 Å². The summed E-state index contributed by atoms with van der Waals surface area (Å²) >= 11 is 4.31. The van der Waals surface area contributed by atoms with Crippen molar-refractivity contribution in [3.05, 3.63) is 100 Å². The smallest absolute Gasteiger partial charge is 0.270 e. The first kappa shape index (κ1) is 22.2. The Hall–Kier alpha value is -2.52. The Bertz CT molecular complexity index is 1150. The average molecular weight is 626 g/mol. The van der Waals surface area contributed by atoms with Gasteiger partial charge >= 0.3 is 0 Å². The van der Waals surface area contributed by atoms with Crippen LogP contribution in [0.15, 0.2) is 60.7 Å². The van der Waals surface area contributed by atoms with Crippen LogP contribution in [0, 0.1) is 34.4 Å². The molecule has 3 rings (SSSR count). The van der Waals surface area contributed by atoms with Crippen LogP contribution in [0.4, 0.5) is 10.1 Å². The molecule has 150 valence electrons. The number of benzene rings is 3. The van der Waals surface area contributed by atoms with Crippen molar-refractivity contribution in [2.75, 3.05) is 0 Å². The van der Waals surface area contributed by atoms with E-state index in [-0.39, 0.29) is 11.5 Å². The second-order valence-electron chi connectivity index (χ2n) is 6.21. The van der Waals surface area contributed by atoms with Crippen LogP contribution in [0.2, 0.25) is 0 Å². The standard InChI is InChI=1S/C22H13FI2N2O3/c23-18-6-4-14(5-7-18)13-30-22-20(24)9-15(10-21(22)25)8-17(12-26)16-2-1-3-19(11-16)27(28)29/h1-11H,13H2/b17-8-. The molecule has 0 atom stereocenters. The molecule has 0 bridgehead atoms. The predicted octanol–water partition coefficient (Wildman–Crippen LogP) is 6.59. The zero-order chi connectivity index (χ0) is 21.7. The molecular weight excluding hydrogens is 613 g/mol. The summed E-state index contributed by atoms with van der Waals surface area (Å²) in [7, 11) is 0. The van der Waals surface area contributed by atoms with Gasteiger partial charge in [-0.25, -0.2) is 4.39 Å². The number of ether oxygens (including phenoxy) is 1. The minimum absolute atomic E-state index is 0.0673. The fraction of sp³-hybridized carbons (Fsp3) is 0.0455. The number of nitro benzene ring substituents is 1. The molecule has 0 radical (unpaired) electrons. The van der Waals surface area contributed by atoms with Crippen LogP contribution in [0.25, 0.3) is 11.6 Å². The number of allylic oxidation sites excluding steroid dienone is 1. The Morgan fingerprint density at radius 1 is 1.13 bits per heavy atom. The van der Waals surface area contributed by atoms with Gasteiger partial charge in [-0.2, -0.15) is 5.26 Å². The summed E-state index contributed by atoms with van der Waals surface area (Å²) in [5.41, 5.74) is 2.37. The minimum atomic E-state index is -0.488. The van der Waals surface area contributed by atoms with Gasteiger partial charge in [-0.1, -0.05) is 24.3 Å². The number of nitro groups is 1. The Morgan fingerprint density at radius 3 is 2.40 bits per heavy atom. The topological polar surface area (TPSA) is 76.2 Å². The summed E-state index contributed by atoms with van der Waals surface area (Å²) in [6.07, 6.45) is 1.69. The molecule has 0 saturated carbocycles. The van der Waals surface area contributed by atoms with Crippen molar-refractivity contribution in [3.63, 3.8) is 0 Å². The molecule has 0 aliphatic carbocycles. The van der Waals surface area contributed by atoms with Crippen molar-refractivity contribution >= 4 is 62.5 Å². The third kappa shape index (κ3) is 5.54. The molecule has 0 aromatic heterocycles. The molecule has 0 unspecified atom stereocenters. The Balaban J connectivity index is 1.86. The lowest BCUT2D eigenvalue weighted by Gasteiger charge is -2.12. The highest BCUT2D eigenvalue weighted by Crippen LogP contribution is 2.31. The van der Waals surface area contributed by atoms with Gasteiger partial charge in [0.05, 0.1) is 23.7 Å². The van der Waals surface area contributed by atoms with Gasteiger partial charge in [0, 0.05) is 12.1 Å². The van der Waals surface area contributed by atoms with E-state index >= 15 is 0 Å². The van der Waals surface area contributed by atoms with Crippen LogP contribution >= 0.6 is 45.2 Å². The summed E-state index contributed by atoms with van der Waals surface area (Å²) in [6.45, 7) is 0.304. The van der Waals surface area contributed by atoms with E-state index in [1.54, 1.807) is 30.3 Å². The number of hydrogen-bond donors (Lipinski definition) is 0. The van der Waals surface area contributed by atoms with Crippen molar-refractivity contribution in [1.82, 2.24) is 0 Å². The number of nitriles is 1. The monoisotopic (exact) mass is 626 g/mol. The zero-order valence-corrected chi connectivity index (χ0v) is 19.6.